The van der Waals surface area contributed by atoms with Crippen LogP contribution in [0.3, 0.4) is 0 Å². The van der Waals surface area contributed by atoms with Crippen LogP contribution in [0.15, 0.2) is 60.7 Å². The van der Waals surface area contributed by atoms with Gasteiger partial charge in [0.15, 0.2) is 0 Å². The maximum atomic E-state index is 12.6. The first kappa shape index (κ1) is 23.1. The predicted molar refractivity (Wildman–Crippen MR) is 128 cm³/mol. The summed E-state index contributed by atoms with van der Waals surface area (Å²) in [6, 6.07) is 20.5. The molecule has 0 bridgehead atoms. The second-order valence-electron chi connectivity index (χ2n) is 9.35. The van der Waals surface area contributed by atoms with Crippen LogP contribution < -0.4 is 0 Å². The number of rotatable bonds is 7. The quantitative estimate of drug-likeness (QED) is 0.359. The van der Waals surface area contributed by atoms with Gasteiger partial charge in [0, 0.05) is 17.9 Å². The number of hydrogen-bond donors (Lipinski definition) is 0. The maximum absolute atomic E-state index is 12.6. The molecule has 2 aromatic rings. The average Bonchev–Trinajstić information content (AvgIpc) is 2.77. The second-order valence-corrected chi connectivity index (χ2v) is 9.35. The Balaban J connectivity index is 1.57. The predicted octanol–water partition coefficient (Wildman–Crippen LogP) is 7.00. The lowest BCUT2D eigenvalue weighted by Gasteiger charge is -2.36. The zero-order valence-electron chi connectivity index (χ0n) is 19.2. The first-order valence-electron chi connectivity index (χ1n) is 11.8. The number of benzene rings is 2. The summed E-state index contributed by atoms with van der Waals surface area (Å²) in [6.07, 6.45) is 5.61. The Morgan fingerprint density at radius 3 is 2.39 bits per heavy atom. The van der Waals surface area contributed by atoms with Crippen LogP contribution in [-0.2, 0) is 9.53 Å². The molecule has 0 N–H and O–H groups in total. The Morgan fingerprint density at radius 2 is 1.71 bits per heavy atom. The van der Waals surface area contributed by atoms with Crippen LogP contribution in [0, 0.1) is 29.6 Å². The zero-order chi connectivity index (χ0) is 22.1. The van der Waals surface area contributed by atoms with Gasteiger partial charge in [0.1, 0.15) is 6.10 Å². The molecular weight excluding hydrogens is 380 g/mol. The highest BCUT2D eigenvalue weighted by molar-refractivity contribution is 5.69. The van der Waals surface area contributed by atoms with Gasteiger partial charge in [-0.25, -0.2) is 0 Å². The highest BCUT2D eigenvalue weighted by Crippen LogP contribution is 2.35. The van der Waals surface area contributed by atoms with Crippen molar-refractivity contribution in [2.24, 2.45) is 17.8 Å². The largest absolute Gasteiger partial charge is 0.462 e. The lowest BCUT2D eigenvalue weighted by atomic mass is 9.75. The van der Waals surface area contributed by atoms with E-state index in [9.17, 15) is 4.79 Å². The molecule has 3 rings (SSSR count). The smallest absolute Gasteiger partial charge is 0.306 e. The zero-order valence-corrected chi connectivity index (χ0v) is 19.2. The topological polar surface area (TPSA) is 26.3 Å². The summed E-state index contributed by atoms with van der Waals surface area (Å²) >= 11 is 0. The van der Waals surface area contributed by atoms with Gasteiger partial charge in [-0.05, 0) is 61.1 Å². The van der Waals surface area contributed by atoms with Gasteiger partial charge in [0.05, 0.1) is 0 Å². The summed E-state index contributed by atoms with van der Waals surface area (Å²) < 4.78 is 5.98. The van der Waals surface area contributed by atoms with Crippen molar-refractivity contribution < 1.29 is 9.53 Å². The van der Waals surface area contributed by atoms with Crippen LogP contribution in [0.1, 0.15) is 76.3 Å². The van der Waals surface area contributed by atoms with Crippen molar-refractivity contribution in [3.8, 4) is 11.8 Å². The molecule has 0 saturated heterocycles. The summed E-state index contributed by atoms with van der Waals surface area (Å²) in [5.74, 6) is 8.50. The van der Waals surface area contributed by atoms with Gasteiger partial charge in [-0.1, -0.05) is 87.6 Å². The van der Waals surface area contributed by atoms with Crippen molar-refractivity contribution in [2.45, 2.75) is 71.3 Å². The Kier molecular flexibility index (Phi) is 8.77. The van der Waals surface area contributed by atoms with Crippen LogP contribution in [0.4, 0.5) is 0 Å². The summed E-state index contributed by atoms with van der Waals surface area (Å²) in [4.78, 5) is 12.6. The van der Waals surface area contributed by atoms with Gasteiger partial charge in [0.2, 0.25) is 0 Å². The minimum atomic E-state index is -0.0485. The van der Waals surface area contributed by atoms with E-state index in [1.54, 1.807) is 0 Å². The van der Waals surface area contributed by atoms with Gasteiger partial charge < -0.3 is 4.74 Å². The Hall–Kier alpha value is -2.53. The number of esters is 1. The molecule has 4 atom stereocenters. The third-order valence-electron chi connectivity index (χ3n) is 6.48. The summed E-state index contributed by atoms with van der Waals surface area (Å²) in [6.45, 7) is 6.77. The molecule has 2 aromatic carbocycles. The fourth-order valence-corrected chi connectivity index (χ4v) is 4.63. The van der Waals surface area contributed by atoms with E-state index >= 15 is 0 Å². The minimum absolute atomic E-state index is 0.0485. The van der Waals surface area contributed by atoms with Gasteiger partial charge in [-0.15, -0.1) is 0 Å². The molecular formula is C29H36O2. The van der Waals surface area contributed by atoms with Crippen molar-refractivity contribution in [1.29, 1.82) is 0 Å². The third kappa shape index (κ3) is 7.28. The average molecular weight is 417 g/mol. The molecule has 0 unspecified atom stereocenters. The number of carbonyl (C=O) groups excluding carboxylic acids is 1. The molecule has 1 fully saturated rings. The van der Waals surface area contributed by atoms with Gasteiger partial charge in [-0.3, -0.25) is 4.79 Å². The first-order chi connectivity index (χ1) is 15.0. The molecule has 0 radical (unpaired) electrons. The monoisotopic (exact) mass is 416 g/mol. The van der Waals surface area contributed by atoms with Gasteiger partial charge in [0.25, 0.3) is 0 Å². The fraction of sp³-hybridized carbons (Fsp3) is 0.483. The molecule has 1 saturated carbocycles. The molecule has 2 nitrogen and oxygen atoms in total. The highest BCUT2D eigenvalue weighted by Gasteiger charge is 2.33. The van der Waals surface area contributed by atoms with Crippen molar-refractivity contribution in [3.05, 3.63) is 71.8 Å². The minimum Gasteiger partial charge on any atom is -0.462 e. The fourth-order valence-electron chi connectivity index (χ4n) is 4.63. The summed E-state index contributed by atoms with van der Waals surface area (Å²) in [7, 11) is 0. The van der Waals surface area contributed by atoms with E-state index < -0.39 is 0 Å². The van der Waals surface area contributed by atoms with Crippen molar-refractivity contribution in [1.82, 2.24) is 0 Å². The third-order valence-corrected chi connectivity index (χ3v) is 6.48. The Bertz CT molecular complexity index is 860. The molecule has 0 heterocycles. The molecule has 0 aliphatic heterocycles. The Morgan fingerprint density at radius 1 is 1.03 bits per heavy atom. The van der Waals surface area contributed by atoms with Crippen LogP contribution in [-0.4, -0.2) is 12.1 Å². The van der Waals surface area contributed by atoms with Crippen LogP contribution >= 0.6 is 0 Å². The van der Waals surface area contributed by atoms with E-state index in [0.717, 1.165) is 24.8 Å². The normalized spacial score (nSPS) is 21.7. The highest BCUT2D eigenvalue weighted by atomic mass is 16.5. The number of carbonyl (C=O) groups is 1. The SMILES string of the molecule is CC(C)[C@@H]1CC[C@@H](C)C[C@H]1OC(=O)CCC[C@@H](C#Cc1ccccc1)c1ccccc1. The number of hydrogen-bond acceptors (Lipinski definition) is 2. The van der Waals surface area contributed by atoms with Crippen LogP contribution in [0.5, 0.6) is 0 Å². The van der Waals surface area contributed by atoms with Gasteiger partial charge >= 0.3 is 5.97 Å². The van der Waals surface area contributed by atoms with Gasteiger partial charge in [-0.2, -0.15) is 0 Å². The molecule has 31 heavy (non-hydrogen) atoms. The summed E-state index contributed by atoms with van der Waals surface area (Å²) in [5, 5.41) is 0. The van der Waals surface area contributed by atoms with Crippen molar-refractivity contribution >= 4 is 5.97 Å². The summed E-state index contributed by atoms with van der Waals surface area (Å²) in [5.41, 5.74) is 2.23. The van der Waals surface area contributed by atoms with E-state index in [2.05, 4.69) is 56.9 Å². The lowest BCUT2D eigenvalue weighted by molar-refractivity contribution is -0.156. The van der Waals surface area contributed by atoms with Crippen LogP contribution in [0.2, 0.25) is 0 Å². The molecule has 0 spiro atoms. The molecule has 0 aromatic heterocycles. The molecule has 1 aliphatic rings. The van der Waals surface area contributed by atoms with E-state index in [1.807, 2.05) is 36.4 Å². The van der Waals surface area contributed by atoms with E-state index in [4.69, 9.17) is 4.74 Å². The molecule has 2 heteroatoms. The molecule has 1 aliphatic carbocycles. The molecule has 164 valence electrons. The standard InChI is InChI=1S/C29H36O2/c1-22(2)27-20-17-23(3)21-28(27)31-29(30)16-10-15-26(25-13-8-5-9-14-25)19-18-24-11-6-4-7-12-24/h4-9,11-14,22-23,26-28H,10,15-17,20-21H2,1-3H3/t23-,26+,27+,28-/m1/s1. The van der Waals surface area contributed by atoms with Crippen molar-refractivity contribution in [3.63, 3.8) is 0 Å². The Labute approximate surface area is 188 Å². The van der Waals surface area contributed by atoms with E-state index in [-0.39, 0.29) is 18.0 Å². The van der Waals surface area contributed by atoms with E-state index in [1.165, 1.54) is 18.4 Å². The first-order valence-corrected chi connectivity index (χ1v) is 11.8. The molecule has 0 amide bonds. The van der Waals surface area contributed by atoms with Crippen LogP contribution in [0.25, 0.3) is 0 Å². The van der Waals surface area contributed by atoms with E-state index in [0.29, 0.717) is 24.2 Å². The van der Waals surface area contributed by atoms with Crippen molar-refractivity contribution in [2.75, 3.05) is 0 Å². The second kappa shape index (κ2) is 11.8. The maximum Gasteiger partial charge on any atom is 0.306 e. The lowest BCUT2D eigenvalue weighted by Crippen LogP contribution is -2.35. The number of ether oxygens (including phenoxy) is 1.